The van der Waals surface area contributed by atoms with E-state index in [0.29, 0.717) is 22.2 Å². The number of halogens is 2. The molecule has 0 aliphatic heterocycles. The van der Waals surface area contributed by atoms with Crippen molar-refractivity contribution in [2.45, 2.75) is 37.0 Å². The second-order valence-electron chi connectivity index (χ2n) is 3.66. The summed E-state index contributed by atoms with van der Waals surface area (Å²) in [6.07, 6.45) is 0.801. The molecule has 0 fully saturated rings. The highest BCUT2D eigenvalue weighted by molar-refractivity contribution is 7.99. The number of carbonyl (C=O) groups is 1. The largest absolute Gasteiger partial charge is 0.350 e. The molecule has 0 unspecified atom stereocenters. The number of hydrogen-bond acceptors (Lipinski definition) is 2. The lowest BCUT2D eigenvalue weighted by molar-refractivity contribution is 0.0936. The van der Waals surface area contributed by atoms with Crippen LogP contribution in [0.2, 0.25) is 0 Å². The first-order valence-corrected chi connectivity index (χ1v) is 6.27. The first kappa shape index (κ1) is 14.0. The summed E-state index contributed by atoms with van der Waals surface area (Å²) >= 11 is 0.394. The van der Waals surface area contributed by atoms with Crippen LogP contribution in [0.1, 0.15) is 30.6 Å². The van der Waals surface area contributed by atoms with Gasteiger partial charge in [0.25, 0.3) is 11.7 Å². The molecule has 1 aromatic carbocycles. The number of amides is 1. The number of nitrogens with one attached hydrogen (secondary N) is 1. The highest BCUT2D eigenvalue weighted by Crippen LogP contribution is 2.28. The first-order chi connectivity index (χ1) is 8.04. The van der Waals surface area contributed by atoms with Crippen molar-refractivity contribution in [2.24, 2.45) is 0 Å². The summed E-state index contributed by atoms with van der Waals surface area (Å²) in [7, 11) is 0. The van der Waals surface area contributed by atoms with Crippen LogP contribution in [-0.4, -0.2) is 17.7 Å². The van der Waals surface area contributed by atoms with Crippen molar-refractivity contribution < 1.29 is 13.6 Å². The lowest BCUT2D eigenvalue weighted by Gasteiger charge is -2.13. The Balaban J connectivity index is 2.85. The highest BCUT2D eigenvalue weighted by atomic mass is 32.2. The summed E-state index contributed by atoms with van der Waals surface area (Å²) in [6.45, 7) is 3.82. The number of rotatable bonds is 5. The summed E-state index contributed by atoms with van der Waals surface area (Å²) in [5.41, 5.74) is 0.304. The molecule has 1 atom stereocenters. The van der Waals surface area contributed by atoms with Crippen molar-refractivity contribution in [2.75, 3.05) is 0 Å². The van der Waals surface area contributed by atoms with Gasteiger partial charge in [-0.1, -0.05) is 30.8 Å². The Morgan fingerprint density at radius 3 is 2.65 bits per heavy atom. The Hall–Kier alpha value is -1.10. The monoisotopic (exact) mass is 259 g/mol. The van der Waals surface area contributed by atoms with Crippen LogP contribution in [0.3, 0.4) is 0 Å². The van der Waals surface area contributed by atoms with E-state index in [1.54, 1.807) is 18.2 Å². The van der Waals surface area contributed by atoms with Gasteiger partial charge < -0.3 is 5.32 Å². The lowest BCUT2D eigenvalue weighted by atomic mass is 10.2. The van der Waals surface area contributed by atoms with E-state index in [1.807, 2.05) is 13.8 Å². The van der Waals surface area contributed by atoms with Crippen molar-refractivity contribution in [3.63, 3.8) is 0 Å². The van der Waals surface area contributed by atoms with Crippen molar-refractivity contribution in [3.8, 4) is 0 Å². The number of thioether (sulfide) groups is 1. The molecule has 2 nitrogen and oxygen atoms in total. The summed E-state index contributed by atoms with van der Waals surface area (Å²) < 4.78 is 24.6. The van der Waals surface area contributed by atoms with Gasteiger partial charge in [0.15, 0.2) is 0 Å². The molecule has 17 heavy (non-hydrogen) atoms. The fourth-order valence-electron chi connectivity index (χ4n) is 1.26. The predicted molar refractivity (Wildman–Crippen MR) is 65.5 cm³/mol. The summed E-state index contributed by atoms with van der Waals surface area (Å²) in [6, 6.07) is 6.43. The summed E-state index contributed by atoms with van der Waals surface area (Å²) in [5, 5.41) is 2.76. The van der Waals surface area contributed by atoms with Gasteiger partial charge in [-0.3, -0.25) is 4.79 Å². The molecular weight excluding hydrogens is 244 g/mol. The zero-order valence-corrected chi connectivity index (χ0v) is 10.6. The van der Waals surface area contributed by atoms with E-state index in [1.165, 1.54) is 6.07 Å². The predicted octanol–water partition coefficient (Wildman–Crippen LogP) is 3.53. The molecule has 0 heterocycles. The SMILES string of the molecule is CC[C@@H](C)NC(=O)c1ccccc1SC(F)F. The first-order valence-electron chi connectivity index (χ1n) is 5.39. The summed E-state index contributed by atoms with van der Waals surface area (Å²) in [5.74, 6) is -2.82. The summed E-state index contributed by atoms with van der Waals surface area (Å²) in [4.78, 5) is 12.2. The van der Waals surface area contributed by atoms with E-state index in [9.17, 15) is 13.6 Å². The van der Waals surface area contributed by atoms with Gasteiger partial charge in [-0.2, -0.15) is 8.78 Å². The maximum Gasteiger partial charge on any atom is 0.288 e. The number of benzene rings is 1. The Bertz CT molecular complexity index is 385. The van der Waals surface area contributed by atoms with Crippen LogP contribution in [0, 0.1) is 0 Å². The number of hydrogen-bond donors (Lipinski definition) is 1. The molecule has 5 heteroatoms. The lowest BCUT2D eigenvalue weighted by Crippen LogP contribution is -2.32. The number of carbonyl (C=O) groups excluding carboxylic acids is 1. The van der Waals surface area contributed by atoms with Crippen LogP contribution >= 0.6 is 11.8 Å². The third-order valence-electron chi connectivity index (χ3n) is 2.34. The van der Waals surface area contributed by atoms with Crippen molar-refractivity contribution in [1.29, 1.82) is 0 Å². The Morgan fingerprint density at radius 2 is 2.06 bits per heavy atom. The number of alkyl halides is 2. The van der Waals surface area contributed by atoms with Crippen LogP contribution in [0.4, 0.5) is 8.78 Å². The average Bonchev–Trinajstić information content (AvgIpc) is 2.28. The van der Waals surface area contributed by atoms with Crippen LogP contribution in [0.25, 0.3) is 0 Å². The Morgan fingerprint density at radius 1 is 1.41 bits per heavy atom. The van der Waals surface area contributed by atoms with Gasteiger partial charge >= 0.3 is 0 Å². The van der Waals surface area contributed by atoms with Crippen LogP contribution < -0.4 is 5.32 Å². The third-order valence-corrected chi connectivity index (χ3v) is 3.13. The second kappa shape index (κ2) is 6.59. The topological polar surface area (TPSA) is 29.1 Å². The van der Waals surface area contributed by atoms with Gasteiger partial charge in [-0.25, -0.2) is 0 Å². The molecular formula is C12H15F2NOS. The van der Waals surface area contributed by atoms with E-state index in [-0.39, 0.29) is 11.9 Å². The quantitative estimate of drug-likeness (QED) is 0.820. The second-order valence-corrected chi connectivity index (χ2v) is 4.69. The molecule has 0 saturated heterocycles. The third kappa shape index (κ3) is 4.34. The molecule has 1 rings (SSSR count). The normalized spacial score (nSPS) is 12.5. The molecule has 1 aromatic rings. The minimum absolute atomic E-state index is 0.0344. The fourth-order valence-corrected chi connectivity index (χ4v) is 1.89. The molecule has 0 bridgehead atoms. The van der Waals surface area contributed by atoms with E-state index < -0.39 is 5.76 Å². The average molecular weight is 259 g/mol. The Kier molecular flexibility index (Phi) is 5.41. The van der Waals surface area contributed by atoms with Crippen LogP contribution in [0.5, 0.6) is 0 Å². The smallest absolute Gasteiger partial charge is 0.288 e. The van der Waals surface area contributed by atoms with Gasteiger partial charge in [0, 0.05) is 10.9 Å². The molecule has 0 aliphatic carbocycles. The van der Waals surface area contributed by atoms with Crippen LogP contribution in [-0.2, 0) is 0 Å². The van der Waals surface area contributed by atoms with Gasteiger partial charge in [-0.15, -0.1) is 0 Å². The van der Waals surface area contributed by atoms with Crippen LogP contribution in [0.15, 0.2) is 29.2 Å². The van der Waals surface area contributed by atoms with Gasteiger partial charge in [0.2, 0.25) is 0 Å². The zero-order valence-electron chi connectivity index (χ0n) is 9.74. The maximum absolute atomic E-state index is 12.3. The molecule has 0 aromatic heterocycles. The fraction of sp³-hybridized carbons (Fsp3) is 0.417. The molecule has 94 valence electrons. The van der Waals surface area contributed by atoms with E-state index in [0.717, 1.165) is 6.42 Å². The molecule has 1 N–H and O–H groups in total. The van der Waals surface area contributed by atoms with E-state index >= 15 is 0 Å². The Labute approximate surface area is 104 Å². The van der Waals surface area contributed by atoms with Gasteiger partial charge in [0.05, 0.1) is 5.56 Å². The van der Waals surface area contributed by atoms with Crippen molar-refractivity contribution >= 4 is 17.7 Å². The highest BCUT2D eigenvalue weighted by Gasteiger charge is 2.15. The van der Waals surface area contributed by atoms with E-state index in [4.69, 9.17) is 0 Å². The minimum Gasteiger partial charge on any atom is -0.350 e. The molecule has 0 aliphatic rings. The van der Waals surface area contributed by atoms with Gasteiger partial charge in [-0.05, 0) is 25.5 Å². The zero-order chi connectivity index (χ0) is 12.8. The molecule has 0 saturated carbocycles. The van der Waals surface area contributed by atoms with Gasteiger partial charge in [0.1, 0.15) is 0 Å². The van der Waals surface area contributed by atoms with E-state index in [2.05, 4.69) is 5.32 Å². The minimum atomic E-state index is -2.52. The van der Waals surface area contributed by atoms with Crippen molar-refractivity contribution in [3.05, 3.63) is 29.8 Å². The van der Waals surface area contributed by atoms with Crippen molar-refractivity contribution in [1.82, 2.24) is 5.32 Å². The molecule has 1 amide bonds. The maximum atomic E-state index is 12.3. The standard InChI is InChI=1S/C12H15F2NOS/c1-3-8(2)15-11(16)9-6-4-5-7-10(9)17-12(13)14/h4-8,12H,3H2,1-2H3,(H,15,16)/t8-/m1/s1. The molecule has 0 radical (unpaired) electrons. The molecule has 0 spiro atoms.